The van der Waals surface area contributed by atoms with Crippen LogP contribution in [0.15, 0.2) is 109 Å². The number of esters is 3. The third kappa shape index (κ3) is 43.8. The van der Waals surface area contributed by atoms with E-state index in [1.165, 1.54) is 38.5 Å². The largest absolute Gasteiger partial charge is 0.479 e. The van der Waals surface area contributed by atoms with Crippen molar-refractivity contribution in [2.45, 2.75) is 276 Å². The maximum absolute atomic E-state index is 13.2. The van der Waals surface area contributed by atoms with E-state index >= 15 is 0 Å². The second-order valence-corrected chi connectivity index (χ2v) is 20.6. The van der Waals surface area contributed by atoms with E-state index in [0.29, 0.717) is 19.3 Å². The number of hydrogen-bond donors (Lipinski definition) is 3. The standard InChI is InChI=1S/C67H108O12/c1-4-7-10-13-16-19-22-25-28-30-33-35-38-41-44-47-50-53-59(68)75-56-58(77-60(69)54-51-48-45-42-39-36-32-27-24-21-18-15-12-9-6-3)57-76-67-65(63(72)62(71)64(79-67)66(73)74)78-61(70)55-52-49-46-43-40-37-34-31-29-26-23-20-17-14-11-8-5-2/h8-9,11-12,16-21,25-29,32,34,37,58,62-65,67,71-72H,4-7,10,13-15,22-24,30-31,33,35-36,38-57H2,1-3H3,(H,73,74)/b11-8-,12-9-,19-16-,20-17-,21-18-,28-25-,29-26-,32-27-,37-34-. The van der Waals surface area contributed by atoms with Gasteiger partial charge in [-0.15, -0.1) is 0 Å². The first-order valence-electron chi connectivity index (χ1n) is 30.9. The van der Waals surface area contributed by atoms with Gasteiger partial charge in [-0.05, 0) is 122 Å². The van der Waals surface area contributed by atoms with E-state index in [9.17, 15) is 34.5 Å². The zero-order chi connectivity index (χ0) is 57.5. The van der Waals surface area contributed by atoms with Crippen molar-refractivity contribution in [2.75, 3.05) is 13.2 Å². The number of allylic oxidation sites excluding steroid dienone is 18. The summed E-state index contributed by atoms with van der Waals surface area (Å²) in [6.07, 6.45) is 60.4. The first-order valence-corrected chi connectivity index (χ1v) is 30.9. The summed E-state index contributed by atoms with van der Waals surface area (Å²) in [6.45, 7) is 5.71. The van der Waals surface area contributed by atoms with E-state index in [1.54, 1.807) is 0 Å². The molecule has 0 saturated carbocycles. The highest BCUT2D eigenvalue weighted by Crippen LogP contribution is 2.26. The molecule has 0 aliphatic carbocycles. The lowest BCUT2D eigenvalue weighted by atomic mass is 9.98. The van der Waals surface area contributed by atoms with Gasteiger partial charge in [0.05, 0.1) is 6.61 Å². The summed E-state index contributed by atoms with van der Waals surface area (Å²) < 4.78 is 28.4. The zero-order valence-electron chi connectivity index (χ0n) is 49.3. The number of ether oxygens (including phenoxy) is 5. The monoisotopic (exact) mass is 1100 g/mol. The molecule has 1 saturated heterocycles. The van der Waals surface area contributed by atoms with Crippen molar-refractivity contribution in [3.8, 4) is 0 Å². The zero-order valence-corrected chi connectivity index (χ0v) is 49.3. The number of aliphatic hydroxyl groups is 2. The van der Waals surface area contributed by atoms with Crippen molar-refractivity contribution in [1.29, 1.82) is 0 Å². The van der Waals surface area contributed by atoms with Crippen LogP contribution in [-0.2, 0) is 42.9 Å². The number of rotatable bonds is 51. The van der Waals surface area contributed by atoms with Crippen LogP contribution in [0.5, 0.6) is 0 Å². The van der Waals surface area contributed by atoms with Crippen molar-refractivity contribution in [2.24, 2.45) is 0 Å². The smallest absolute Gasteiger partial charge is 0.335 e. The SMILES string of the molecule is CC/C=C\C/C=C\C/C=C\C/C=C\CCCCCCC(=O)OC1C(OCC(COC(=O)CCCCCCCCC/C=C\C/C=C\CCCCC)OC(=O)CCCCCCC/C=C\C/C=C\C/C=C\CC)OC(C(=O)O)C(O)C1O. The molecule has 1 rings (SSSR count). The number of hydrogen-bond acceptors (Lipinski definition) is 11. The molecule has 12 heteroatoms. The quantitative estimate of drug-likeness (QED) is 0.0228. The molecule has 0 amide bonds. The molecule has 0 bridgehead atoms. The fourth-order valence-electron chi connectivity index (χ4n) is 8.64. The fraction of sp³-hybridized carbons (Fsp3) is 0.672. The number of aliphatic carboxylic acids is 1. The van der Waals surface area contributed by atoms with Crippen LogP contribution in [0.2, 0.25) is 0 Å². The summed E-state index contributed by atoms with van der Waals surface area (Å²) >= 11 is 0. The summed E-state index contributed by atoms with van der Waals surface area (Å²) in [6, 6.07) is 0. The average Bonchev–Trinajstić information content (AvgIpc) is 3.43. The van der Waals surface area contributed by atoms with Crippen molar-refractivity contribution >= 4 is 23.9 Å². The van der Waals surface area contributed by atoms with E-state index < -0.39 is 67.3 Å². The molecular formula is C67H108O12. The highest BCUT2D eigenvalue weighted by molar-refractivity contribution is 5.74. The molecule has 79 heavy (non-hydrogen) atoms. The van der Waals surface area contributed by atoms with Gasteiger partial charge < -0.3 is 39.0 Å². The molecule has 0 spiro atoms. The molecule has 0 aromatic rings. The van der Waals surface area contributed by atoms with Gasteiger partial charge in [0.25, 0.3) is 0 Å². The minimum Gasteiger partial charge on any atom is -0.479 e. The van der Waals surface area contributed by atoms with Gasteiger partial charge >= 0.3 is 23.9 Å². The summed E-state index contributed by atoms with van der Waals surface area (Å²) in [5, 5.41) is 31.5. The molecule has 6 unspecified atom stereocenters. The number of carbonyl (C=O) groups excluding carboxylic acids is 3. The maximum Gasteiger partial charge on any atom is 0.335 e. The van der Waals surface area contributed by atoms with E-state index in [4.69, 9.17) is 23.7 Å². The number of carboxylic acid groups (broad SMARTS) is 1. The molecule has 0 aromatic heterocycles. The van der Waals surface area contributed by atoms with E-state index in [0.717, 1.165) is 141 Å². The second kappa shape index (κ2) is 54.0. The van der Waals surface area contributed by atoms with Crippen LogP contribution >= 0.6 is 0 Å². The van der Waals surface area contributed by atoms with Gasteiger partial charge in [-0.2, -0.15) is 0 Å². The molecule has 0 aromatic carbocycles. The number of carbonyl (C=O) groups is 4. The average molecular weight is 1110 g/mol. The predicted octanol–water partition coefficient (Wildman–Crippen LogP) is 16.2. The molecule has 6 atom stereocenters. The normalized spacial score (nSPS) is 18.6. The van der Waals surface area contributed by atoms with E-state index in [1.807, 2.05) is 0 Å². The topological polar surface area (TPSA) is 175 Å². The molecule has 1 aliphatic heterocycles. The summed E-state index contributed by atoms with van der Waals surface area (Å²) in [4.78, 5) is 51.2. The molecule has 0 radical (unpaired) electrons. The van der Waals surface area contributed by atoms with Crippen LogP contribution in [0.25, 0.3) is 0 Å². The summed E-state index contributed by atoms with van der Waals surface area (Å²) in [5.74, 6) is -3.19. The van der Waals surface area contributed by atoms with Crippen LogP contribution in [0, 0.1) is 0 Å². The van der Waals surface area contributed by atoms with E-state index in [2.05, 4.69) is 130 Å². The molecule has 12 nitrogen and oxygen atoms in total. The Kier molecular flexibility index (Phi) is 49.5. The third-order valence-electron chi connectivity index (χ3n) is 13.3. The molecular weight excluding hydrogens is 997 g/mol. The fourth-order valence-corrected chi connectivity index (χ4v) is 8.64. The highest BCUT2D eigenvalue weighted by atomic mass is 16.7. The van der Waals surface area contributed by atoms with Crippen molar-refractivity contribution in [3.05, 3.63) is 109 Å². The first kappa shape index (κ1) is 72.4. The molecule has 1 heterocycles. The highest BCUT2D eigenvalue weighted by Gasteiger charge is 2.50. The lowest BCUT2D eigenvalue weighted by Crippen LogP contribution is -2.61. The lowest BCUT2D eigenvalue weighted by molar-refractivity contribution is -0.301. The first-order chi connectivity index (χ1) is 38.6. The maximum atomic E-state index is 13.2. The minimum atomic E-state index is -1.92. The van der Waals surface area contributed by atoms with Gasteiger partial charge in [-0.3, -0.25) is 14.4 Å². The summed E-state index contributed by atoms with van der Waals surface area (Å²) in [5.41, 5.74) is 0. The summed E-state index contributed by atoms with van der Waals surface area (Å²) in [7, 11) is 0. The predicted molar refractivity (Wildman–Crippen MR) is 321 cm³/mol. The Labute approximate surface area is 478 Å². The molecule has 1 aliphatic rings. The molecule has 1 fully saturated rings. The Hall–Kier alpha value is -4.62. The van der Waals surface area contributed by atoms with Gasteiger partial charge in [0.15, 0.2) is 24.6 Å². The van der Waals surface area contributed by atoms with Gasteiger partial charge in [-0.25, -0.2) is 4.79 Å². The second-order valence-electron chi connectivity index (χ2n) is 20.6. The number of unbranched alkanes of at least 4 members (excludes halogenated alkanes) is 19. The third-order valence-corrected chi connectivity index (χ3v) is 13.3. The van der Waals surface area contributed by atoms with Crippen molar-refractivity contribution < 1.29 is 58.2 Å². The number of aliphatic hydroxyl groups excluding tert-OH is 2. The van der Waals surface area contributed by atoms with Crippen LogP contribution in [0.4, 0.5) is 0 Å². The minimum absolute atomic E-state index is 0.0244. The van der Waals surface area contributed by atoms with Gasteiger partial charge in [-0.1, -0.05) is 207 Å². The van der Waals surface area contributed by atoms with Gasteiger partial charge in [0, 0.05) is 19.3 Å². The van der Waals surface area contributed by atoms with Gasteiger partial charge in [0.1, 0.15) is 18.8 Å². The molecule has 448 valence electrons. The Bertz CT molecular complexity index is 1790. The Morgan fingerprint density at radius 2 is 0.797 bits per heavy atom. The lowest BCUT2D eigenvalue weighted by Gasteiger charge is -2.40. The number of carboxylic acids is 1. The Morgan fingerprint density at radius 3 is 1.22 bits per heavy atom. The van der Waals surface area contributed by atoms with Crippen LogP contribution in [0.1, 0.15) is 239 Å². The molecule has 3 N–H and O–H groups in total. The van der Waals surface area contributed by atoms with Crippen LogP contribution in [0.3, 0.4) is 0 Å². The van der Waals surface area contributed by atoms with Crippen LogP contribution < -0.4 is 0 Å². The Balaban J connectivity index is 2.71. The van der Waals surface area contributed by atoms with Gasteiger partial charge in [0.2, 0.25) is 0 Å². The Morgan fingerprint density at radius 1 is 0.430 bits per heavy atom. The van der Waals surface area contributed by atoms with E-state index in [-0.39, 0.29) is 25.9 Å². The van der Waals surface area contributed by atoms with Crippen LogP contribution in [-0.4, -0.2) is 89.2 Å². The van der Waals surface area contributed by atoms with Crippen molar-refractivity contribution in [3.63, 3.8) is 0 Å². The van der Waals surface area contributed by atoms with Crippen molar-refractivity contribution in [1.82, 2.24) is 0 Å².